The van der Waals surface area contributed by atoms with Crippen molar-refractivity contribution < 1.29 is 9.90 Å². The highest BCUT2D eigenvalue weighted by atomic mass is 35.5. The number of thioether (sulfide) groups is 1. The molecule has 3 rings (SSSR count). The van der Waals surface area contributed by atoms with E-state index in [2.05, 4.69) is 10.3 Å². The second kappa shape index (κ2) is 9.28. The Hall–Kier alpha value is -2.28. The molecule has 3 aromatic rings. The lowest BCUT2D eigenvalue weighted by molar-refractivity contribution is -0.113. The van der Waals surface area contributed by atoms with Crippen LogP contribution in [0, 0.1) is 13.8 Å². The number of rotatable bonds is 7. The van der Waals surface area contributed by atoms with Crippen molar-refractivity contribution in [3.8, 4) is 0 Å². The summed E-state index contributed by atoms with van der Waals surface area (Å²) in [5.41, 5.74) is 4.69. The molecule has 7 heteroatoms. The SMILES string of the molecule is Cc1ccc(C)c(NC(=O)CSc2ncc(CO)n2Cc2ccc(Cl)cc2)c1. The maximum atomic E-state index is 12.4. The number of anilines is 1. The van der Waals surface area contributed by atoms with E-state index in [4.69, 9.17) is 11.6 Å². The Kier molecular flexibility index (Phi) is 6.78. The summed E-state index contributed by atoms with van der Waals surface area (Å²) in [5.74, 6) is 0.140. The molecule has 0 saturated carbocycles. The van der Waals surface area contributed by atoms with E-state index in [1.165, 1.54) is 11.8 Å². The number of aromatic nitrogens is 2. The fourth-order valence-corrected chi connectivity index (χ4v) is 3.69. The van der Waals surface area contributed by atoms with E-state index in [1.807, 2.05) is 60.9 Å². The molecule has 0 radical (unpaired) electrons. The van der Waals surface area contributed by atoms with Crippen molar-refractivity contribution in [1.29, 1.82) is 0 Å². The molecule has 0 aliphatic rings. The van der Waals surface area contributed by atoms with E-state index in [0.717, 1.165) is 22.4 Å². The standard InChI is InChI=1S/C21H22ClN3O2S/c1-14-3-4-15(2)19(9-14)24-20(27)13-28-21-23-10-18(12-26)25(21)11-16-5-7-17(22)8-6-16/h3-10,26H,11-13H2,1-2H3,(H,24,27). The normalized spacial score (nSPS) is 10.9. The number of aliphatic hydroxyl groups excluding tert-OH is 1. The Balaban J connectivity index is 1.68. The molecule has 1 aromatic heterocycles. The molecular formula is C21H22ClN3O2S. The average molecular weight is 416 g/mol. The van der Waals surface area contributed by atoms with Crippen LogP contribution in [0.4, 0.5) is 5.69 Å². The van der Waals surface area contributed by atoms with E-state index in [9.17, 15) is 9.90 Å². The molecule has 0 fully saturated rings. The van der Waals surface area contributed by atoms with Gasteiger partial charge >= 0.3 is 0 Å². The number of nitrogens with one attached hydrogen (secondary N) is 1. The first kappa shape index (κ1) is 20.5. The van der Waals surface area contributed by atoms with Crippen molar-refractivity contribution in [3.05, 3.63) is 76.1 Å². The molecular weight excluding hydrogens is 394 g/mol. The van der Waals surface area contributed by atoms with Gasteiger partial charge in [-0.3, -0.25) is 4.79 Å². The van der Waals surface area contributed by atoms with Crippen molar-refractivity contribution in [2.75, 3.05) is 11.1 Å². The van der Waals surface area contributed by atoms with Gasteiger partial charge in [-0.1, -0.05) is 47.6 Å². The molecule has 1 amide bonds. The number of benzene rings is 2. The summed E-state index contributed by atoms with van der Waals surface area (Å²) in [5, 5.41) is 13.9. The minimum Gasteiger partial charge on any atom is -0.390 e. The number of aryl methyl sites for hydroxylation is 2. The second-order valence-corrected chi connectivity index (χ2v) is 7.94. The molecule has 2 aromatic carbocycles. The Morgan fingerprint density at radius 2 is 1.96 bits per heavy atom. The van der Waals surface area contributed by atoms with Crippen LogP contribution in [0.15, 0.2) is 53.8 Å². The third kappa shape index (κ3) is 5.16. The number of aliphatic hydroxyl groups is 1. The van der Waals surface area contributed by atoms with Gasteiger partial charge < -0.3 is 15.0 Å². The Morgan fingerprint density at radius 1 is 1.21 bits per heavy atom. The molecule has 0 atom stereocenters. The fourth-order valence-electron chi connectivity index (χ4n) is 2.76. The van der Waals surface area contributed by atoms with Crippen molar-refractivity contribution in [2.24, 2.45) is 0 Å². The van der Waals surface area contributed by atoms with Crippen LogP contribution in [0.25, 0.3) is 0 Å². The zero-order valence-electron chi connectivity index (χ0n) is 15.8. The monoisotopic (exact) mass is 415 g/mol. The molecule has 28 heavy (non-hydrogen) atoms. The number of hydrogen-bond acceptors (Lipinski definition) is 4. The zero-order valence-corrected chi connectivity index (χ0v) is 17.3. The van der Waals surface area contributed by atoms with Crippen molar-refractivity contribution in [3.63, 3.8) is 0 Å². The average Bonchev–Trinajstić information content (AvgIpc) is 3.06. The molecule has 0 aliphatic carbocycles. The number of hydrogen-bond donors (Lipinski definition) is 2. The van der Waals surface area contributed by atoms with Gasteiger partial charge in [0.15, 0.2) is 5.16 Å². The second-order valence-electron chi connectivity index (χ2n) is 6.56. The summed E-state index contributed by atoms with van der Waals surface area (Å²) >= 11 is 7.29. The van der Waals surface area contributed by atoms with Crippen LogP contribution in [-0.2, 0) is 17.9 Å². The number of imidazole rings is 1. The number of carbonyl (C=O) groups excluding carboxylic acids is 1. The molecule has 0 bridgehead atoms. The zero-order chi connectivity index (χ0) is 20.1. The molecule has 146 valence electrons. The molecule has 0 saturated heterocycles. The van der Waals surface area contributed by atoms with Crippen LogP contribution < -0.4 is 5.32 Å². The third-order valence-corrected chi connectivity index (χ3v) is 5.56. The summed E-state index contributed by atoms with van der Waals surface area (Å²) in [7, 11) is 0. The minimum atomic E-state index is -0.115. The van der Waals surface area contributed by atoms with Gasteiger partial charge in [-0.2, -0.15) is 0 Å². The predicted molar refractivity (Wildman–Crippen MR) is 114 cm³/mol. The van der Waals surface area contributed by atoms with Gasteiger partial charge in [0.25, 0.3) is 0 Å². The topological polar surface area (TPSA) is 67.2 Å². The van der Waals surface area contributed by atoms with Crippen LogP contribution in [0.5, 0.6) is 0 Å². The highest BCUT2D eigenvalue weighted by Crippen LogP contribution is 2.22. The van der Waals surface area contributed by atoms with Crippen LogP contribution >= 0.6 is 23.4 Å². The van der Waals surface area contributed by atoms with Gasteiger partial charge in [0.05, 0.1) is 24.3 Å². The molecule has 5 nitrogen and oxygen atoms in total. The Labute approximate surface area is 173 Å². The van der Waals surface area contributed by atoms with Gasteiger partial charge in [-0.25, -0.2) is 4.98 Å². The smallest absolute Gasteiger partial charge is 0.234 e. The van der Waals surface area contributed by atoms with Crippen LogP contribution in [0.1, 0.15) is 22.4 Å². The summed E-state index contributed by atoms with van der Waals surface area (Å²) in [6.07, 6.45) is 1.64. The largest absolute Gasteiger partial charge is 0.390 e. The lowest BCUT2D eigenvalue weighted by Crippen LogP contribution is -2.16. The molecule has 2 N–H and O–H groups in total. The Morgan fingerprint density at radius 3 is 2.68 bits per heavy atom. The number of amides is 1. The summed E-state index contributed by atoms with van der Waals surface area (Å²) < 4.78 is 1.92. The lowest BCUT2D eigenvalue weighted by atomic mass is 10.1. The van der Waals surface area contributed by atoms with Gasteiger partial charge in [-0.05, 0) is 48.7 Å². The predicted octanol–water partition coefficient (Wildman–Crippen LogP) is 4.42. The van der Waals surface area contributed by atoms with Crippen molar-refractivity contribution in [1.82, 2.24) is 9.55 Å². The van der Waals surface area contributed by atoms with Crippen molar-refractivity contribution >= 4 is 35.0 Å². The maximum Gasteiger partial charge on any atom is 0.234 e. The summed E-state index contributed by atoms with van der Waals surface area (Å²) in [6.45, 7) is 4.40. The van der Waals surface area contributed by atoms with Crippen LogP contribution in [0.2, 0.25) is 5.02 Å². The fraction of sp³-hybridized carbons (Fsp3) is 0.238. The lowest BCUT2D eigenvalue weighted by Gasteiger charge is -2.12. The highest BCUT2D eigenvalue weighted by molar-refractivity contribution is 7.99. The molecule has 0 unspecified atom stereocenters. The van der Waals surface area contributed by atoms with Crippen molar-refractivity contribution in [2.45, 2.75) is 32.2 Å². The Bertz CT molecular complexity index is 970. The molecule has 0 aliphatic heterocycles. The minimum absolute atomic E-state index is 0.0923. The van der Waals surface area contributed by atoms with E-state index >= 15 is 0 Å². The van der Waals surface area contributed by atoms with Crippen LogP contribution in [0.3, 0.4) is 0 Å². The van der Waals surface area contributed by atoms with Gasteiger partial charge in [0.2, 0.25) is 5.91 Å². The number of nitrogens with zero attached hydrogens (tertiary/aromatic N) is 2. The summed E-state index contributed by atoms with van der Waals surface area (Å²) in [4.78, 5) is 16.8. The molecule has 0 spiro atoms. The van der Waals surface area contributed by atoms with Crippen LogP contribution in [-0.4, -0.2) is 26.3 Å². The van der Waals surface area contributed by atoms with E-state index in [0.29, 0.717) is 22.4 Å². The van der Waals surface area contributed by atoms with Gasteiger partial charge in [-0.15, -0.1) is 0 Å². The maximum absolute atomic E-state index is 12.4. The third-order valence-electron chi connectivity index (χ3n) is 4.32. The number of carbonyl (C=O) groups is 1. The molecule has 1 heterocycles. The first-order valence-corrected chi connectivity index (χ1v) is 10.2. The van der Waals surface area contributed by atoms with E-state index in [-0.39, 0.29) is 18.3 Å². The summed E-state index contributed by atoms with van der Waals surface area (Å²) in [6, 6.07) is 13.5. The number of halogens is 1. The van der Waals surface area contributed by atoms with Gasteiger partial charge in [0.1, 0.15) is 0 Å². The highest BCUT2D eigenvalue weighted by Gasteiger charge is 2.13. The first-order valence-electron chi connectivity index (χ1n) is 8.86. The van der Waals surface area contributed by atoms with E-state index < -0.39 is 0 Å². The first-order chi connectivity index (χ1) is 13.5. The quantitative estimate of drug-likeness (QED) is 0.560. The van der Waals surface area contributed by atoms with Gasteiger partial charge in [0, 0.05) is 17.3 Å². The van der Waals surface area contributed by atoms with E-state index in [1.54, 1.807) is 6.20 Å².